The van der Waals surface area contributed by atoms with Crippen molar-refractivity contribution in [3.63, 3.8) is 0 Å². The molecule has 0 fully saturated rings. The van der Waals surface area contributed by atoms with Crippen molar-refractivity contribution < 1.29 is 0 Å². The Morgan fingerprint density at radius 1 is 1.00 bits per heavy atom. The largest absolute Gasteiger partial charge is 0.227 e. The first kappa shape index (κ1) is 15.2. The van der Waals surface area contributed by atoms with Gasteiger partial charge in [-0.25, -0.2) is 9.97 Å². The Morgan fingerprint density at radius 2 is 1.76 bits per heavy atom. The van der Waals surface area contributed by atoms with Crippen molar-refractivity contribution in [2.75, 3.05) is 0 Å². The second-order valence-corrected chi connectivity index (χ2v) is 7.15. The minimum absolute atomic E-state index is 0.413. The third-order valence-corrected chi connectivity index (χ3v) is 4.70. The van der Waals surface area contributed by atoms with E-state index in [2.05, 4.69) is 41.8 Å². The summed E-state index contributed by atoms with van der Waals surface area (Å²) in [4.78, 5) is 9.04. The first-order valence-corrected chi connectivity index (χ1v) is 8.39. The van der Waals surface area contributed by atoms with E-state index < -0.39 is 0 Å². The van der Waals surface area contributed by atoms with Gasteiger partial charge in [0.2, 0.25) is 0 Å². The topological polar surface area (TPSA) is 25.8 Å². The molecule has 0 spiro atoms. The van der Waals surface area contributed by atoms with Crippen LogP contribution < -0.4 is 0 Å². The zero-order chi connectivity index (χ0) is 15.1. The van der Waals surface area contributed by atoms with Crippen LogP contribution in [0.4, 0.5) is 0 Å². The highest BCUT2D eigenvalue weighted by molar-refractivity contribution is 9.11. The highest BCUT2D eigenvalue weighted by atomic mass is 79.9. The summed E-state index contributed by atoms with van der Waals surface area (Å²) >= 11 is 19.4. The van der Waals surface area contributed by atoms with Crippen molar-refractivity contribution >= 4 is 66.0 Å². The van der Waals surface area contributed by atoms with Gasteiger partial charge in [0.25, 0.3) is 0 Å². The van der Waals surface area contributed by atoms with Crippen LogP contribution in [0.3, 0.4) is 0 Å². The fourth-order valence-corrected chi connectivity index (χ4v) is 3.79. The van der Waals surface area contributed by atoms with Crippen LogP contribution in [0.15, 0.2) is 39.3 Å². The average Bonchev–Trinajstić information content (AvgIpc) is 2.42. The van der Waals surface area contributed by atoms with Gasteiger partial charge in [0, 0.05) is 24.9 Å². The van der Waals surface area contributed by atoms with E-state index in [1.165, 1.54) is 0 Å². The summed E-state index contributed by atoms with van der Waals surface area (Å²) in [6.45, 7) is 1.99. The predicted octanol–water partition coefficient (Wildman–Crippen LogP) is 6.44. The van der Waals surface area contributed by atoms with Crippen molar-refractivity contribution in [1.29, 1.82) is 0 Å². The Labute approximate surface area is 148 Å². The molecule has 1 aromatic heterocycles. The predicted molar refractivity (Wildman–Crippen MR) is 95.1 cm³/mol. The van der Waals surface area contributed by atoms with E-state index >= 15 is 0 Å². The van der Waals surface area contributed by atoms with Gasteiger partial charge in [-0.15, -0.1) is 0 Å². The summed E-state index contributed by atoms with van der Waals surface area (Å²) in [6, 6.07) is 9.46. The molecule has 106 valence electrons. The maximum absolute atomic E-state index is 6.32. The van der Waals surface area contributed by atoms with Crippen molar-refractivity contribution in [3.8, 4) is 11.4 Å². The van der Waals surface area contributed by atoms with E-state index in [0.29, 0.717) is 16.0 Å². The summed E-state index contributed by atoms with van der Waals surface area (Å²) in [6.07, 6.45) is 0. The number of hydrogen-bond acceptors (Lipinski definition) is 2. The Hall–Kier alpha value is -0.680. The highest BCUT2D eigenvalue weighted by Crippen LogP contribution is 2.33. The molecule has 0 saturated carbocycles. The smallest absolute Gasteiger partial charge is 0.161 e. The van der Waals surface area contributed by atoms with Crippen LogP contribution >= 0.6 is 55.1 Å². The monoisotopic (exact) mass is 444 g/mol. The van der Waals surface area contributed by atoms with Gasteiger partial charge in [0.1, 0.15) is 5.15 Å². The molecule has 0 bridgehead atoms. The highest BCUT2D eigenvalue weighted by Gasteiger charge is 2.13. The quantitative estimate of drug-likeness (QED) is 0.402. The fourth-order valence-electron chi connectivity index (χ4n) is 2.08. The molecule has 0 aliphatic heterocycles. The fraction of sp³-hybridized carbons (Fsp3) is 0.0667. The van der Waals surface area contributed by atoms with E-state index in [4.69, 9.17) is 23.2 Å². The van der Waals surface area contributed by atoms with Crippen molar-refractivity contribution in [3.05, 3.63) is 55.0 Å². The molecular formula is C15H8Br2Cl2N2. The lowest BCUT2D eigenvalue weighted by Gasteiger charge is -2.09. The number of rotatable bonds is 1. The lowest BCUT2D eigenvalue weighted by molar-refractivity contribution is 1.21. The van der Waals surface area contributed by atoms with Crippen LogP contribution in [0.5, 0.6) is 0 Å². The molecule has 3 aromatic rings. The molecule has 2 nitrogen and oxygen atoms in total. The van der Waals surface area contributed by atoms with E-state index in [1.807, 2.05) is 37.3 Å². The lowest BCUT2D eigenvalue weighted by Crippen LogP contribution is -1.95. The Kier molecular flexibility index (Phi) is 4.23. The molecule has 0 N–H and O–H groups in total. The van der Waals surface area contributed by atoms with Crippen molar-refractivity contribution in [2.24, 2.45) is 0 Å². The first-order chi connectivity index (χ1) is 9.95. The van der Waals surface area contributed by atoms with E-state index in [1.54, 1.807) is 0 Å². The van der Waals surface area contributed by atoms with Gasteiger partial charge in [0.15, 0.2) is 5.82 Å². The molecule has 3 rings (SSSR count). The first-order valence-electron chi connectivity index (χ1n) is 6.04. The Morgan fingerprint density at radius 3 is 2.52 bits per heavy atom. The molecule has 21 heavy (non-hydrogen) atoms. The normalized spacial score (nSPS) is 11.1. The number of nitrogens with zero attached hydrogens (tertiary/aromatic N) is 2. The van der Waals surface area contributed by atoms with Crippen molar-refractivity contribution in [2.45, 2.75) is 6.92 Å². The van der Waals surface area contributed by atoms with E-state index in [0.717, 1.165) is 31.0 Å². The summed E-state index contributed by atoms with van der Waals surface area (Å²) in [5.41, 5.74) is 2.69. The van der Waals surface area contributed by atoms with Crippen LogP contribution in [0.2, 0.25) is 10.2 Å². The molecule has 0 aliphatic carbocycles. The second kappa shape index (κ2) is 5.84. The number of fused-ring (bicyclic) bond motifs is 1. The van der Waals surface area contributed by atoms with Gasteiger partial charge < -0.3 is 0 Å². The number of benzene rings is 2. The molecule has 6 heteroatoms. The second-order valence-electron chi connectivity index (χ2n) is 4.58. The third kappa shape index (κ3) is 2.95. The molecule has 0 unspecified atom stereocenters. The Balaban J connectivity index is 2.33. The maximum Gasteiger partial charge on any atom is 0.161 e. The number of hydrogen-bond donors (Lipinski definition) is 0. The zero-order valence-corrected chi connectivity index (χ0v) is 15.5. The van der Waals surface area contributed by atoms with Crippen LogP contribution in [0.1, 0.15) is 5.56 Å². The Bertz CT molecular complexity index is 866. The standard InChI is InChI=1S/C15H8Br2Cl2N2/c1-7-2-3-9(18)6-10(7)15-20-13-11(14(19)21-15)4-8(16)5-12(13)17/h2-6H,1H3. The van der Waals surface area contributed by atoms with Gasteiger partial charge in [-0.3, -0.25) is 0 Å². The number of aromatic nitrogens is 2. The molecule has 0 atom stereocenters. The zero-order valence-electron chi connectivity index (χ0n) is 10.8. The number of aryl methyl sites for hydroxylation is 1. The van der Waals surface area contributed by atoms with Gasteiger partial charge in [-0.1, -0.05) is 45.2 Å². The van der Waals surface area contributed by atoms with Gasteiger partial charge >= 0.3 is 0 Å². The van der Waals surface area contributed by atoms with Crippen LogP contribution in [0, 0.1) is 6.92 Å². The lowest BCUT2D eigenvalue weighted by atomic mass is 10.1. The van der Waals surface area contributed by atoms with Crippen LogP contribution in [-0.4, -0.2) is 9.97 Å². The molecule has 2 aromatic carbocycles. The van der Waals surface area contributed by atoms with Gasteiger partial charge in [-0.05, 0) is 52.7 Å². The van der Waals surface area contributed by atoms with Crippen molar-refractivity contribution in [1.82, 2.24) is 9.97 Å². The molecule has 1 heterocycles. The summed E-state index contributed by atoms with van der Waals surface area (Å²) in [7, 11) is 0. The maximum atomic E-state index is 6.32. The minimum Gasteiger partial charge on any atom is -0.227 e. The summed E-state index contributed by atoms with van der Waals surface area (Å²) in [5.74, 6) is 0.565. The average molecular weight is 447 g/mol. The summed E-state index contributed by atoms with van der Waals surface area (Å²) in [5, 5.41) is 1.85. The molecule has 0 aliphatic rings. The SMILES string of the molecule is Cc1ccc(Cl)cc1-c1nc(Cl)c2cc(Br)cc(Br)c2n1. The minimum atomic E-state index is 0.413. The van der Waals surface area contributed by atoms with Gasteiger partial charge in [0.05, 0.1) is 5.52 Å². The molecule has 0 amide bonds. The van der Waals surface area contributed by atoms with Gasteiger partial charge in [-0.2, -0.15) is 0 Å². The van der Waals surface area contributed by atoms with Crippen LogP contribution in [0.25, 0.3) is 22.3 Å². The summed E-state index contributed by atoms with van der Waals surface area (Å²) < 4.78 is 1.77. The van der Waals surface area contributed by atoms with Crippen LogP contribution in [-0.2, 0) is 0 Å². The van der Waals surface area contributed by atoms with E-state index in [9.17, 15) is 0 Å². The number of halogens is 4. The molecule has 0 radical (unpaired) electrons. The molecule has 0 saturated heterocycles. The van der Waals surface area contributed by atoms with E-state index in [-0.39, 0.29) is 0 Å². The molecular weight excluding hydrogens is 439 g/mol. The third-order valence-electron chi connectivity index (χ3n) is 3.11.